The summed E-state index contributed by atoms with van der Waals surface area (Å²) in [6.45, 7) is 5.89. The van der Waals surface area contributed by atoms with Crippen LogP contribution in [0.1, 0.15) is 278 Å². The number of carboxylic acid groups (broad SMARTS) is 1. The fourth-order valence-corrected chi connectivity index (χ4v) is 9.03. The second kappa shape index (κ2) is 49.8. The molecule has 1 saturated heterocycles. The molecule has 73 heavy (non-hydrogen) atoms. The van der Waals surface area contributed by atoms with Gasteiger partial charge in [-0.25, -0.2) is 4.79 Å². The number of hydrogen-bond acceptors (Lipinski definition) is 11. The van der Waals surface area contributed by atoms with Crippen molar-refractivity contribution in [3.63, 3.8) is 0 Å². The normalized spacial score (nSPS) is 18.5. The van der Waals surface area contributed by atoms with Gasteiger partial charge in [-0.2, -0.15) is 0 Å². The van der Waals surface area contributed by atoms with Crippen LogP contribution in [0.2, 0.25) is 0 Å². The molecule has 0 aromatic carbocycles. The van der Waals surface area contributed by atoms with Crippen LogP contribution in [0.15, 0.2) is 36.5 Å². The standard InChI is InChI=1S/C61H108O12/c1-4-7-10-13-16-19-22-24-25-26-27-28-29-31-34-37-40-43-46-49-55(64)72-59-57(66)56(65)58(60(67)68)73-61(59)70-51-52(71-54(63)48-45-42-39-36-32-21-18-15-12-9-6-3)50-69-53(62)47-44-41-38-35-33-30-23-20-17-14-11-8-5-2/h11,14-15,18,20,23,52,56-59,61,65-66H,4-10,12-13,16-17,19,21-22,24-51H2,1-3H3,(H,67,68)/b14-11-,18-15-,23-20-. The van der Waals surface area contributed by atoms with Gasteiger partial charge in [0.1, 0.15) is 18.8 Å². The highest BCUT2D eigenvalue weighted by Gasteiger charge is 2.50. The first-order valence-electron chi connectivity index (χ1n) is 30.0. The Morgan fingerprint density at radius 2 is 0.863 bits per heavy atom. The molecule has 0 amide bonds. The summed E-state index contributed by atoms with van der Waals surface area (Å²) >= 11 is 0. The number of carbonyl (C=O) groups excluding carboxylic acids is 3. The Morgan fingerprint density at radius 1 is 0.452 bits per heavy atom. The molecule has 1 aliphatic rings. The molecule has 1 aliphatic heterocycles. The first-order valence-corrected chi connectivity index (χ1v) is 30.0. The summed E-state index contributed by atoms with van der Waals surface area (Å²) in [6, 6.07) is 0. The fraction of sp³-hybridized carbons (Fsp3) is 0.836. The van der Waals surface area contributed by atoms with Gasteiger partial charge in [0, 0.05) is 19.3 Å². The zero-order valence-electron chi connectivity index (χ0n) is 46.6. The zero-order valence-corrected chi connectivity index (χ0v) is 46.6. The van der Waals surface area contributed by atoms with E-state index >= 15 is 0 Å². The maximum Gasteiger partial charge on any atom is 0.335 e. The zero-order chi connectivity index (χ0) is 53.3. The second-order valence-electron chi connectivity index (χ2n) is 20.6. The third-order valence-corrected chi connectivity index (χ3v) is 13.7. The number of aliphatic hydroxyl groups is 2. The molecule has 0 aliphatic carbocycles. The third kappa shape index (κ3) is 39.9. The maximum absolute atomic E-state index is 13.1. The van der Waals surface area contributed by atoms with Gasteiger partial charge in [-0.15, -0.1) is 0 Å². The largest absolute Gasteiger partial charge is 0.479 e. The summed E-state index contributed by atoms with van der Waals surface area (Å²) in [5.41, 5.74) is 0. The van der Waals surface area contributed by atoms with Crippen LogP contribution >= 0.6 is 0 Å². The summed E-state index contributed by atoms with van der Waals surface area (Å²) in [6.07, 6.45) is 45.5. The van der Waals surface area contributed by atoms with E-state index in [0.717, 1.165) is 109 Å². The Hall–Kier alpha value is -3.06. The van der Waals surface area contributed by atoms with Gasteiger partial charge in [0.15, 0.2) is 24.6 Å². The van der Waals surface area contributed by atoms with E-state index in [2.05, 4.69) is 57.2 Å². The molecule has 0 radical (unpaired) electrons. The molecule has 3 N–H and O–H groups in total. The van der Waals surface area contributed by atoms with Gasteiger partial charge in [-0.05, 0) is 64.2 Å². The molecular formula is C61H108O12. The van der Waals surface area contributed by atoms with Crippen molar-refractivity contribution < 1.29 is 58.2 Å². The minimum absolute atomic E-state index is 0.0636. The van der Waals surface area contributed by atoms with E-state index < -0.39 is 67.3 Å². The Kier molecular flexibility index (Phi) is 46.4. The van der Waals surface area contributed by atoms with Crippen molar-refractivity contribution in [1.82, 2.24) is 0 Å². The topological polar surface area (TPSA) is 175 Å². The van der Waals surface area contributed by atoms with Gasteiger partial charge in [0.2, 0.25) is 0 Å². The van der Waals surface area contributed by atoms with Crippen LogP contribution in [0.4, 0.5) is 0 Å². The lowest BCUT2D eigenvalue weighted by Gasteiger charge is -2.40. The summed E-state index contributed by atoms with van der Waals surface area (Å²) in [7, 11) is 0. The van der Waals surface area contributed by atoms with Gasteiger partial charge >= 0.3 is 23.9 Å². The molecule has 1 fully saturated rings. The van der Waals surface area contributed by atoms with E-state index in [1.165, 1.54) is 109 Å². The molecule has 1 heterocycles. The number of allylic oxidation sites excluding steroid dienone is 6. The second-order valence-corrected chi connectivity index (χ2v) is 20.6. The summed E-state index contributed by atoms with van der Waals surface area (Å²) in [4.78, 5) is 51.0. The van der Waals surface area contributed by atoms with Gasteiger partial charge in [-0.3, -0.25) is 14.4 Å². The van der Waals surface area contributed by atoms with E-state index in [1.807, 2.05) is 0 Å². The molecule has 0 spiro atoms. The van der Waals surface area contributed by atoms with Gasteiger partial charge < -0.3 is 39.0 Å². The van der Waals surface area contributed by atoms with Crippen LogP contribution in [0.3, 0.4) is 0 Å². The van der Waals surface area contributed by atoms with E-state index in [0.29, 0.717) is 19.3 Å². The molecule has 424 valence electrons. The molecule has 0 saturated carbocycles. The molecule has 12 nitrogen and oxygen atoms in total. The molecular weight excluding hydrogens is 925 g/mol. The average molecular weight is 1030 g/mol. The molecule has 12 heteroatoms. The monoisotopic (exact) mass is 1030 g/mol. The first kappa shape index (κ1) is 68.0. The Labute approximate surface area is 444 Å². The highest BCUT2D eigenvalue weighted by molar-refractivity contribution is 5.74. The lowest BCUT2D eigenvalue weighted by atomic mass is 9.98. The Morgan fingerprint density at radius 3 is 1.34 bits per heavy atom. The average Bonchev–Trinajstić information content (AvgIpc) is 3.37. The van der Waals surface area contributed by atoms with E-state index in [4.69, 9.17) is 23.7 Å². The van der Waals surface area contributed by atoms with Crippen LogP contribution in [0.25, 0.3) is 0 Å². The number of aliphatic carboxylic acids is 1. The van der Waals surface area contributed by atoms with Gasteiger partial charge in [0.05, 0.1) is 6.61 Å². The van der Waals surface area contributed by atoms with Crippen molar-refractivity contribution in [2.75, 3.05) is 13.2 Å². The summed E-state index contributed by atoms with van der Waals surface area (Å²) in [5, 5.41) is 31.5. The molecule has 6 atom stereocenters. The van der Waals surface area contributed by atoms with Crippen molar-refractivity contribution in [1.29, 1.82) is 0 Å². The minimum atomic E-state index is -1.90. The number of rotatable bonds is 51. The highest BCUT2D eigenvalue weighted by Crippen LogP contribution is 2.27. The molecule has 0 bridgehead atoms. The van der Waals surface area contributed by atoms with Crippen LogP contribution in [-0.4, -0.2) is 89.2 Å². The SMILES string of the molecule is CCC/C=C\C/C=C\CCCCCCCC(=O)OCC(COC1OC(C(=O)O)C(O)C(O)C1OC(=O)CCCCCCCCCCCCCCCCCCCCC)OC(=O)CCCCCCC/C=C\CCCC. The van der Waals surface area contributed by atoms with Crippen molar-refractivity contribution >= 4 is 23.9 Å². The molecule has 1 rings (SSSR count). The predicted octanol–water partition coefficient (Wildman–Crippen LogP) is 15.2. The summed E-state index contributed by atoms with van der Waals surface area (Å²) < 4.78 is 28.4. The minimum Gasteiger partial charge on any atom is -0.479 e. The fourth-order valence-electron chi connectivity index (χ4n) is 9.03. The van der Waals surface area contributed by atoms with Crippen molar-refractivity contribution in [3.05, 3.63) is 36.5 Å². The van der Waals surface area contributed by atoms with Crippen molar-refractivity contribution in [3.8, 4) is 0 Å². The number of carboxylic acids is 1. The first-order chi connectivity index (χ1) is 35.6. The van der Waals surface area contributed by atoms with E-state index in [1.54, 1.807) is 0 Å². The van der Waals surface area contributed by atoms with Crippen LogP contribution in [0.5, 0.6) is 0 Å². The predicted molar refractivity (Wildman–Crippen MR) is 294 cm³/mol. The number of aliphatic hydroxyl groups excluding tert-OH is 2. The smallest absolute Gasteiger partial charge is 0.335 e. The number of carbonyl (C=O) groups is 4. The van der Waals surface area contributed by atoms with Gasteiger partial charge in [0.25, 0.3) is 0 Å². The Balaban J connectivity index is 2.64. The molecule has 0 aromatic rings. The Bertz CT molecular complexity index is 1410. The van der Waals surface area contributed by atoms with Crippen LogP contribution < -0.4 is 0 Å². The van der Waals surface area contributed by atoms with Gasteiger partial charge in [-0.1, -0.05) is 231 Å². The number of unbranched alkanes of at least 4 members (excludes halogenated alkanes) is 31. The maximum atomic E-state index is 13.1. The highest BCUT2D eigenvalue weighted by atomic mass is 16.7. The quantitative estimate of drug-likeness (QED) is 0.0228. The molecule has 6 unspecified atom stereocenters. The lowest BCUT2D eigenvalue weighted by molar-refractivity contribution is -0.301. The third-order valence-electron chi connectivity index (χ3n) is 13.7. The van der Waals surface area contributed by atoms with Crippen molar-refractivity contribution in [2.24, 2.45) is 0 Å². The van der Waals surface area contributed by atoms with Crippen LogP contribution in [-0.2, 0) is 42.9 Å². The van der Waals surface area contributed by atoms with Crippen LogP contribution in [0, 0.1) is 0 Å². The number of esters is 3. The molecule has 0 aromatic heterocycles. The summed E-state index contributed by atoms with van der Waals surface area (Å²) in [5.74, 6) is -3.13. The lowest BCUT2D eigenvalue weighted by Crippen LogP contribution is -2.61. The van der Waals surface area contributed by atoms with Crippen molar-refractivity contribution in [2.45, 2.75) is 314 Å². The number of hydrogen-bond donors (Lipinski definition) is 3. The number of ether oxygens (including phenoxy) is 5. The van der Waals surface area contributed by atoms with E-state index in [-0.39, 0.29) is 25.9 Å². The van der Waals surface area contributed by atoms with E-state index in [9.17, 15) is 34.5 Å².